The lowest BCUT2D eigenvalue weighted by atomic mass is 10.0. The van der Waals surface area contributed by atoms with Crippen molar-refractivity contribution < 1.29 is 4.79 Å². The Labute approximate surface area is 187 Å². The number of amides is 1. The van der Waals surface area contributed by atoms with E-state index in [0.29, 0.717) is 5.92 Å². The Hall–Kier alpha value is -1.59. The molecule has 0 radical (unpaired) electrons. The van der Waals surface area contributed by atoms with Gasteiger partial charge in [0.1, 0.15) is 5.54 Å². The zero-order valence-electron chi connectivity index (χ0n) is 16.3. The first-order valence-corrected chi connectivity index (χ1v) is 12.1. The molecule has 1 fully saturated rings. The van der Waals surface area contributed by atoms with Crippen molar-refractivity contribution in [2.45, 2.75) is 49.6 Å². The number of carbonyl (C=O) groups excluding carboxylic acids is 1. The number of nitrogens with zero attached hydrogens (tertiary/aromatic N) is 1. The Morgan fingerprint density at radius 1 is 1.24 bits per heavy atom. The molecule has 1 heterocycles. The molecule has 1 unspecified atom stereocenters. The molecule has 0 spiro atoms. The van der Waals surface area contributed by atoms with Gasteiger partial charge in [-0.25, -0.2) is 4.72 Å². The lowest BCUT2D eigenvalue weighted by molar-refractivity contribution is -0.123. The Morgan fingerprint density at radius 3 is 2.72 bits per heavy atom. The average Bonchev–Trinajstić information content (AvgIpc) is 3.37. The lowest BCUT2D eigenvalue weighted by Crippen LogP contribution is -2.47. The van der Waals surface area contributed by atoms with E-state index in [9.17, 15) is 10.1 Å². The van der Waals surface area contributed by atoms with Crippen molar-refractivity contribution in [3.63, 3.8) is 0 Å². The normalized spacial score (nSPS) is 16.1. The summed E-state index contributed by atoms with van der Waals surface area (Å²) >= 11 is 6.81. The first-order chi connectivity index (χ1) is 13.9. The molecule has 150 valence electrons. The maximum Gasteiger partial charge on any atom is 0.239 e. The fourth-order valence-electron chi connectivity index (χ4n) is 3.33. The number of halogens is 1. The van der Waals surface area contributed by atoms with Crippen LogP contribution >= 0.6 is 39.2 Å². The molecule has 4 nitrogen and oxygen atoms in total. The van der Waals surface area contributed by atoms with E-state index in [-0.39, 0.29) is 11.9 Å². The first kappa shape index (κ1) is 20.7. The lowest BCUT2D eigenvalue weighted by Gasteiger charge is -2.21. The van der Waals surface area contributed by atoms with Gasteiger partial charge >= 0.3 is 0 Å². The zero-order chi connectivity index (χ0) is 20.6. The van der Waals surface area contributed by atoms with Gasteiger partial charge in [-0.1, -0.05) is 35.8 Å². The Balaban J connectivity index is 1.52. The summed E-state index contributed by atoms with van der Waals surface area (Å²) in [7, 11) is 0. The highest BCUT2D eigenvalue weighted by atomic mass is 79.9. The van der Waals surface area contributed by atoms with Gasteiger partial charge < -0.3 is 5.32 Å². The monoisotopic (exact) mass is 487 g/mol. The third-order valence-electron chi connectivity index (χ3n) is 5.07. The number of nitriles is 1. The highest BCUT2D eigenvalue weighted by Crippen LogP contribution is 2.37. The van der Waals surface area contributed by atoms with Crippen molar-refractivity contribution in [2.75, 3.05) is 0 Å². The van der Waals surface area contributed by atoms with Crippen LogP contribution in [0, 0.1) is 17.2 Å². The molecule has 0 bridgehead atoms. The molecule has 7 heteroatoms. The van der Waals surface area contributed by atoms with Crippen LogP contribution in [0.15, 0.2) is 45.8 Å². The van der Waals surface area contributed by atoms with Crippen LogP contribution in [0.2, 0.25) is 0 Å². The third-order valence-corrected chi connectivity index (χ3v) is 7.59. The molecule has 3 aromatic rings. The number of benzene rings is 2. The number of rotatable bonds is 7. The second-order valence-electron chi connectivity index (χ2n) is 7.99. The second-order valence-corrected chi connectivity index (χ2v) is 10.9. The van der Waals surface area contributed by atoms with Crippen LogP contribution in [0.3, 0.4) is 0 Å². The van der Waals surface area contributed by atoms with Gasteiger partial charge in [-0.3, -0.25) is 4.79 Å². The molecule has 1 saturated carbocycles. The minimum absolute atomic E-state index is 0.0860. The van der Waals surface area contributed by atoms with E-state index in [2.05, 4.69) is 82.3 Å². The van der Waals surface area contributed by atoms with Gasteiger partial charge in [0.2, 0.25) is 5.91 Å². The third kappa shape index (κ3) is 4.61. The Morgan fingerprint density at radius 2 is 2.03 bits per heavy atom. The number of fused-ring (bicyclic) bond motifs is 3. The van der Waals surface area contributed by atoms with Gasteiger partial charge in [-0.05, 0) is 67.5 Å². The van der Waals surface area contributed by atoms with Crippen molar-refractivity contribution in [2.24, 2.45) is 5.92 Å². The van der Waals surface area contributed by atoms with E-state index >= 15 is 0 Å². The Kier molecular flexibility index (Phi) is 5.90. The standard InChI is InChI=1S/C22H22BrN3OS2/c1-13(2)9-18(21(27)25-22(12-24)7-8-22)26-29-15-4-6-19-17(11-15)16-5-3-14(23)10-20(16)28-19/h3-6,10-11,13,18,26H,7-9H2,1-2H3,(H,25,27). The van der Waals surface area contributed by atoms with Crippen molar-refractivity contribution in [1.29, 1.82) is 5.26 Å². The summed E-state index contributed by atoms with van der Waals surface area (Å²) in [6.07, 6.45) is 2.21. The number of hydrogen-bond acceptors (Lipinski definition) is 5. The molecule has 0 aliphatic heterocycles. The topological polar surface area (TPSA) is 64.9 Å². The number of carbonyl (C=O) groups is 1. The van der Waals surface area contributed by atoms with E-state index in [1.165, 1.54) is 32.1 Å². The number of hydrogen-bond donors (Lipinski definition) is 2. The average molecular weight is 488 g/mol. The number of nitrogens with one attached hydrogen (secondary N) is 2. The van der Waals surface area contributed by atoms with Crippen molar-refractivity contribution in [1.82, 2.24) is 10.0 Å². The zero-order valence-corrected chi connectivity index (χ0v) is 19.5. The van der Waals surface area contributed by atoms with E-state index in [1.807, 2.05) is 0 Å². The van der Waals surface area contributed by atoms with Gasteiger partial charge in [0.15, 0.2) is 0 Å². The summed E-state index contributed by atoms with van der Waals surface area (Å²) in [5, 5.41) is 14.7. The fourth-order valence-corrected chi connectivity index (χ4v) is 5.76. The predicted octanol–water partition coefficient (Wildman–Crippen LogP) is 6.00. The van der Waals surface area contributed by atoms with Crippen LogP contribution in [0.4, 0.5) is 0 Å². The van der Waals surface area contributed by atoms with Crippen LogP contribution in [-0.2, 0) is 4.79 Å². The molecule has 1 aliphatic carbocycles. The first-order valence-electron chi connectivity index (χ1n) is 9.66. The van der Waals surface area contributed by atoms with Crippen molar-refractivity contribution in [3.05, 3.63) is 40.9 Å². The van der Waals surface area contributed by atoms with Crippen LogP contribution in [-0.4, -0.2) is 17.5 Å². The minimum atomic E-state index is -0.637. The molecule has 2 aromatic carbocycles. The van der Waals surface area contributed by atoms with Crippen molar-refractivity contribution in [3.8, 4) is 6.07 Å². The predicted molar refractivity (Wildman–Crippen MR) is 125 cm³/mol. The highest BCUT2D eigenvalue weighted by molar-refractivity contribution is 9.10. The van der Waals surface area contributed by atoms with Gasteiger partial charge in [0.25, 0.3) is 0 Å². The van der Waals surface area contributed by atoms with E-state index in [0.717, 1.165) is 28.6 Å². The van der Waals surface area contributed by atoms with Crippen molar-refractivity contribution >= 4 is 65.3 Å². The molecule has 1 atom stereocenters. The molecule has 29 heavy (non-hydrogen) atoms. The van der Waals surface area contributed by atoms with E-state index < -0.39 is 5.54 Å². The summed E-state index contributed by atoms with van der Waals surface area (Å²) in [5.74, 6) is 0.287. The summed E-state index contributed by atoms with van der Waals surface area (Å²) in [4.78, 5) is 13.8. The van der Waals surface area contributed by atoms with Crippen LogP contribution in [0.5, 0.6) is 0 Å². The molecule has 0 saturated heterocycles. The molecule has 1 amide bonds. The molecule has 2 N–H and O–H groups in total. The molecular weight excluding hydrogens is 466 g/mol. The van der Waals surface area contributed by atoms with E-state index in [4.69, 9.17) is 0 Å². The molecule has 1 aromatic heterocycles. The summed E-state index contributed by atoms with van der Waals surface area (Å²) in [6, 6.07) is 14.7. The summed E-state index contributed by atoms with van der Waals surface area (Å²) in [6.45, 7) is 4.21. The van der Waals surface area contributed by atoms with Crippen LogP contribution in [0.1, 0.15) is 33.1 Å². The maximum atomic E-state index is 12.8. The Bertz CT molecular complexity index is 1110. The molecule has 1 aliphatic rings. The maximum absolute atomic E-state index is 12.8. The second kappa shape index (κ2) is 8.27. The number of thiophene rings is 1. The smallest absolute Gasteiger partial charge is 0.239 e. The van der Waals surface area contributed by atoms with Gasteiger partial charge in [0, 0.05) is 29.5 Å². The van der Waals surface area contributed by atoms with Gasteiger partial charge in [0.05, 0.1) is 12.1 Å². The van der Waals surface area contributed by atoms with Gasteiger partial charge in [-0.2, -0.15) is 5.26 Å². The highest BCUT2D eigenvalue weighted by Gasteiger charge is 2.45. The SMILES string of the molecule is CC(C)CC(NSc1ccc2sc3cc(Br)ccc3c2c1)C(=O)NC1(C#N)CC1. The van der Waals surface area contributed by atoms with Gasteiger partial charge in [-0.15, -0.1) is 11.3 Å². The van der Waals surface area contributed by atoms with E-state index in [1.54, 1.807) is 11.3 Å². The summed E-state index contributed by atoms with van der Waals surface area (Å²) in [5.41, 5.74) is -0.637. The molecule has 4 rings (SSSR count). The summed E-state index contributed by atoms with van der Waals surface area (Å²) < 4.78 is 6.94. The molecular formula is C22H22BrN3OS2. The fraction of sp³-hybridized carbons (Fsp3) is 0.364. The van der Waals surface area contributed by atoms with Crippen LogP contribution in [0.25, 0.3) is 20.2 Å². The minimum Gasteiger partial charge on any atom is -0.336 e. The largest absolute Gasteiger partial charge is 0.336 e. The van der Waals surface area contributed by atoms with Crippen LogP contribution < -0.4 is 10.0 Å². The quantitative estimate of drug-likeness (QED) is 0.401.